The molecule has 0 N–H and O–H groups in total. The van der Waals surface area contributed by atoms with Crippen LogP contribution in [0.1, 0.15) is 40.0 Å². The molecule has 5 nitrogen and oxygen atoms in total. The molecule has 0 amide bonds. The van der Waals surface area contributed by atoms with Gasteiger partial charge in [0.2, 0.25) is 0 Å². The van der Waals surface area contributed by atoms with E-state index in [1.54, 1.807) is 0 Å². The first kappa shape index (κ1) is 19.9. The van der Waals surface area contributed by atoms with Gasteiger partial charge in [-0.3, -0.25) is 4.79 Å². The number of hydrogen-bond donors (Lipinski definition) is 0. The van der Waals surface area contributed by atoms with Crippen LogP contribution in [0.5, 0.6) is 0 Å². The Hall–Kier alpha value is -1.82. The van der Waals surface area contributed by atoms with Crippen molar-refractivity contribution in [3.63, 3.8) is 0 Å². The average molecular weight is 388 g/mol. The molecule has 0 saturated heterocycles. The second-order valence-corrected chi connectivity index (χ2v) is 8.82. The maximum absolute atomic E-state index is 12.4. The molecule has 27 heavy (non-hydrogen) atoms. The summed E-state index contributed by atoms with van der Waals surface area (Å²) >= 11 is 1.38. The lowest BCUT2D eigenvalue weighted by atomic mass is 9.75. The summed E-state index contributed by atoms with van der Waals surface area (Å²) < 4.78 is 7.79. The van der Waals surface area contributed by atoms with E-state index in [9.17, 15) is 4.79 Å². The summed E-state index contributed by atoms with van der Waals surface area (Å²) in [6.07, 6.45) is 3.39. The number of benzene rings is 1. The SMILES string of the molecule is CC(C)[C@@H]1CC[C@H](C)C[C@H]1OC(=O)CSc1nnc(-c2ccccc2)n1C. The fraction of sp³-hybridized carbons (Fsp3) is 0.571. The fourth-order valence-electron chi connectivity index (χ4n) is 3.86. The van der Waals surface area contributed by atoms with Crippen LogP contribution >= 0.6 is 11.8 Å². The van der Waals surface area contributed by atoms with Crippen molar-refractivity contribution < 1.29 is 9.53 Å². The molecule has 3 rings (SSSR count). The van der Waals surface area contributed by atoms with E-state index in [4.69, 9.17) is 4.74 Å². The number of esters is 1. The third kappa shape index (κ3) is 4.92. The molecule has 2 aromatic rings. The van der Waals surface area contributed by atoms with Crippen molar-refractivity contribution >= 4 is 17.7 Å². The molecule has 1 fully saturated rings. The summed E-state index contributed by atoms with van der Waals surface area (Å²) in [7, 11) is 1.92. The first-order valence-electron chi connectivity index (χ1n) is 9.72. The third-order valence-electron chi connectivity index (χ3n) is 5.43. The summed E-state index contributed by atoms with van der Waals surface area (Å²) in [5.74, 6) is 2.53. The number of carbonyl (C=O) groups is 1. The van der Waals surface area contributed by atoms with Gasteiger partial charge in [-0.15, -0.1) is 10.2 Å². The summed E-state index contributed by atoms with van der Waals surface area (Å²) in [6.45, 7) is 6.69. The van der Waals surface area contributed by atoms with Crippen molar-refractivity contribution in [3.05, 3.63) is 30.3 Å². The van der Waals surface area contributed by atoms with Gasteiger partial charge in [0.1, 0.15) is 6.10 Å². The number of ether oxygens (including phenoxy) is 1. The highest BCUT2D eigenvalue weighted by Crippen LogP contribution is 2.35. The second-order valence-electron chi connectivity index (χ2n) is 7.87. The number of nitrogens with zero attached hydrogens (tertiary/aromatic N) is 3. The van der Waals surface area contributed by atoms with Crippen LogP contribution in [0.4, 0.5) is 0 Å². The van der Waals surface area contributed by atoms with Crippen molar-refractivity contribution in [1.29, 1.82) is 0 Å². The Balaban J connectivity index is 1.58. The highest BCUT2D eigenvalue weighted by Gasteiger charge is 2.33. The Morgan fingerprint density at radius 2 is 2.00 bits per heavy atom. The minimum Gasteiger partial charge on any atom is -0.461 e. The molecule has 1 aliphatic rings. The van der Waals surface area contributed by atoms with Gasteiger partial charge in [-0.25, -0.2) is 0 Å². The Labute approximate surface area is 165 Å². The maximum Gasteiger partial charge on any atom is 0.316 e. The van der Waals surface area contributed by atoms with Crippen LogP contribution in [0, 0.1) is 17.8 Å². The molecule has 0 bridgehead atoms. The Morgan fingerprint density at radius 1 is 1.26 bits per heavy atom. The zero-order valence-electron chi connectivity index (χ0n) is 16.6. The minimum atomic E-state index is -0.158. The summed E-state index contributed by atoms with van der Waals surface area (Å²) in [4.78, 5) is 12.4. The Morgan fingerprint density at radius 3 is 2.70 bits per heavy atom. The van der Waals surface area contributed by atoms with Gasteiger partial charge in [0.25, 0.3) is 0 Å². The lowest BCUT2D eigenvalue weighted by Crippen LogP contribution is -2.36. The first-order valence-corrected chi connectivity index (χ1v) is 10.7. The fourth-order valence-corrected chi connectivity index (χ4v) is 4.55. The second kappa shape index (κ2) is 8.91. The van der Waals surface area contributed by atoms with E-state index < -0.39 is 0 Å². The van der Waals surface area contributed by atoms with Gasteiger partial charge in [-0.1, -0.05) is 69.3 Å². The number of hydrogen-bond acceptors (Lipinski definition) is 5. The molecule has 0 aliphatic heterocycles. The predicted molar refractivity (Wildman–Crippen MR) is 108 cm³/mol. The van der Waals surface area contributed by atoms with E-state index in [-0.39, 0.29) is 17.8 Å². The smallest absolute Gasteiger partial charge is 0.316 e. The molecule has 0 spiro atoms. The number of thioether (sulfide) groups is 1. The van der Waals surface area contributed by atoms with Gasteiger partial charge in [0.05, 0.1) is 5.75 Å². The standard InChI is InChI=1S/C21H29N3O2S/c1-14(2)17-11-10-15(3)12-18(17)26-19(25)13-27-21-23-22-20(24(21)4)16-8-6-5-7-9-16/h5-9,14-15,17-18H,10-13H2,1-4H3/t15-,17-,18+/m0/s1. The number of carbonyl (C=O) groups excluding carboxylic acids is 1. The predicted octanol–water partition coefficient (Wildman–Crippen LogP) is 4.58. The monoisotopic (exact) mass is 387 g/mol. The van der Waals surface area contributed by atoms with Crippen LogP contribution in [-0.2, 0) is 16.6 Å². The number of aromatic nitrogens is 3. The topological polar surface area (TPSA) is 57.0 Å². The van der Waals surface area contributed by atoms with E-state index in [1.807, 2.05) is 41.9 Å². The van der Waals surface area contributed by atoms with Gasteiger partial charge in [0.15, 0.2) is 11.0 Å². The van der Waals surface area contributed by atoms with Gasteiger partial charge in [0, 0.05) is 12.6 Å². The summed E-state index contributed by atoms with van der Waals surface area (Å²) in [5.41, 5.74) is 1.01. The zero-order chi connectivity index (χ0) is 19.4. The highest BCUT2D eigenvalue weighted by molar-refractivity contribution is 7.99. The summed E-state index contributed by atoms with van der Waals surface area (Å²) in [5, 5.41) is 9.22. The quantitative estimate of drug-likeness (QED) is 0.536. The van der Waals surface area contributed by atoms with Gasteiger partial charge >= 0.3 is 5.97 Å². The van der Waals surface area contributed by atoms with Crippen molar-refractivity contribution in [1.82, 2.24) is 14.8 Å². The minimum absolute atomic E-state index is 0.0428. The molecule has 146 valence electrons. The molecule has 1 saturated carbocycles. The van der Waals surface area contributed by atoms with Crippen LogP contribution < -0.4 is 0 Å². The molecule has 1 aliphatic carbocycles. The van der Waals surface area contributed by atoms with Crippen molar-refractivity contribution in [2.45, 2.75) is 51.3 Å². The van der Waals surface area contributed by atoms with E-state index in [0.717, 1.165) is 29.4 Å². The van der Waals surface area contributed by atoms with E-state index >= 15 is 0 Å². The highest BCUT2D eigenvalue weighted by atomic mass is 32.2. The molecule has 1 aromatic carbocycles. The third-order valence-corrected chi connectivity index (χ3v) is 6.42. The first-order chi connectivity index (χ1) is 13.0. The van der Waals surface area contributed by atoms with E-state index in [0.29, 0.717) is 17.8 Å². The normalized spacial score (nSPS) is 22.8. The Kier molecular flexibility index (Phi) is 6.58. The zero-order valence-corrected chi connectivity index (χ0v) is 17.4. The lowest BCUT2D eigenvalue weighted by molar-refractivity contribution is -0.152. The van der Waals surface area contributed by atoms with Crippen molar-refractivity contribution in [2.24, 2.45) is 24.8 Å². The van der Waals surface area contributed by atoms with Crippen LogP contribution in [0.3, 0.4) is 0 Å². The molecule has 1 heterocycles. The van der Waals surface area contributed by atoms with Gasteiger partial charge < -0.3 is 9.30 Å². The lowest BCUT2D eigenvalue weighted by Gasteiger charge is -2.36. The van der Waals surface area contributed by atoms with Crippen molar-refractivity contribution in [2.75, 3.05) is 5.75 Å². The average Bonchev–Trinajstić information content (AvgIpc) is 3.01. The van der Waals surface area contributed by atoms with E-state index in [2.05, 4.69) is 31.0 Å². The molecule has 0 radical (unpaired) electrons. The molecular formula is C21H29N3O2S. The van der Waals surface area contributed by atoms with Gasteiger partial charge in [-0.2, -0.15) is 0 Å². The molecule has 0 unspecified atom stereocenters. The maximum atomic E-state index is 12.4. The summed E-state index contributed by atoms with van der Waals surface area (Å²) in [6, 6.07) is 9.93. The molecular weight excluding hydrogens is 358 g/mol. The Bertz CT molecular complexity index is 760. The van der Waals surface area contributed by atoms with Crippen LogP contribution in [-0.4, -0.2) is 32.6 Å². The van der Waals surface area contributed by atoms with Crippen LogP contribution in [0.2, 0.25) is 0 Å². The van der Waals surface area contributed by atoms with Crippen LogP contribution in [0.15, 0.2) is 35.5 Å². The molecule has 1 aromatic heterocycles. The van der Waals surface area contributed by atoms with E-state index in [1.165, 1.54) is 18.2 Å². The molecule has 3 atom stereocenters. The largest absolute Gasteiger partial charge is 0.461 e. The number of rotatable bonds is 6. The van der Waals surface area contributed by atoms with Crippen LogP contribution in [0.25, 0.3) is 11.4 Å². The molecule has 6 heteroatoms. The van der Waals surface area contributed by atoms with Crippen molar-refractivity contribution in [3.8, 4) is 11.4 Å². The van der Waals surface area contributed by atoms with Gasteiger partial charge in [-0.05, 0) is 30.6 Å².